The van der Waals surface area contributed by atoms with Crippen LogP contribution in [0.4, 0.5) is 9.18 Å². The molecule has 0 aliphatic rings. The lowest BCUT2D eigenvalue weighted by atomic mass is 10.0. The van der Waals surface area contributed by atoms with Crippen molar-refractivity contribution in [3.63, 3.8) is 0 Å². The van der Waals surface area contributed by atoms with Crippen LogP contribution in [0.2, 0.25) is 0 Å². The lowest BCUT2D eigenvalue weighted by Crippen LogP contribution is -2.11. The molecule has 0 saturated carbocycles. The highest BCUT2D eigenvalue weighted by Gasteiger charge is 2.15. The maximum absolute atomic E-state index is 13.7. The molecule has 128 valence electrons. The number of benzene rings is 2. The molecule has 0 radical (unpaired) electrons. The van der Waals surface area contributed by atoms with E-state index in [1.54, 1.807) is 25.1 Å². The number of ether oxygens (including phenoxy) is 3. The highest BCUT2D eigenvalue weighted by atomic mass is 79.9. The second kappa shape index (κ2) is 8.15. The highest BCUT2D eigenvalue weighted by molar-refractivity contribution is 9.10. The lowest BCUT2D eigenvalue weighted by Gasteiger charge is -2.15. The third-order valence-corrected chi connectivity index (χ3v) is 4.18. The van der Waals surface area contributed by atoms with Crippen molar-refractivity contribution >= 4 is 22.1 Å². The number of hydrogen-bond donors (Lipinski definition) is 0. The predicted octanol–water partition coefficient (Wildman–Crippen LogP) is 5.18. The molecule has 0 heterocycles. The summed E-state index contributed by atoms with van der Waals surface area (Å²) in [6, 6.07) is 8.37. The van der Waals surface area contributed by atoms with Crippen molar-refractivity contribution in [1.29, 1.82) is 0 Å². The summed E-state index contributed by atoms with van der Waals surface area (Å²) < 4.78 is 29.8. The van der Waals surface area contributed by atoms with Gasteiger partial charge in [0.15, 0.2) is 0 Å². The first kappa shape index (κ1) is 18.3. The minimum atomic E-state index is -0.799. The molecule has 0 atom stereocenters. The van der Waals surface area contributed by atoms with Gasteiger partial charge in [-0.05, 0) is 52.5 Å². The Morgan fingerprint density at radius 2 is 2.00 bits per heavy atom. The van der Waals surface area contributed by atoms with Gasteiger partial charge in [-0.15, -0.1) is 0 Å². The van der Waals surface area contributed by atoms with Crippen LogP contribution in [0, 0.1) is 12.7 Å². The van der Waals surface area contributed by atoms with Gasteiger partial charge in [0.25, 0.3) is 0 Å². The first-order valence-corrected chi connectivity index (χ1v) is 8.20. The van der Waals surface area contributed by atoms with Crippen LogP contribution in [0.3, 0.4) is 0 Å². The zero-order valence-corrected chi connectivity index (χ0v) is 15.3. The number of carbonyl (C=O) groups is 1. The zero-order chi connectivity index (χ0) is 17.7. The Morgan fingerprint density at radius 1 is 1.25 bits per heavy atom. The minimum Gasteiger partial charge on any atom is -0.487 e. The Kier molecular flexibility index (Phi) is 6.20. The molecular formula is C18H18BrFO4. The number of carbonyl (C=O) groups excluding carboxylic acids is 1. The van der Waals surface area contributed by atoms with Crippen molar-refractivity contribution in [2.45, 2.75) is 26.9 Å². The molecule has 0 saturated heterocycles. The summed E-state index contributed by atoms with van der Waals surface area (Å²) in [4.78, 5) is 11.4. The Hall–Kier alpha value is -2.08. The molecule has 24 heavy (non-hydrogen) atoms. The van der Waals surface area contributed by atoms with Gasteiger partial charge in [0, 0.05) is 11.6 Å². The van der Waals surface area contributed by atoms with Crippen LogP contribution in [-0.2, 0) is 17.8 Å². The van der Waals surface area contributed by atoms with E-state index < -0.39 is 6.16 Å². The molecule has 0 aromatic heterocycles. The Morgan fingerprint density at radius 3 is 2.67 bits per heavy atom. The molecule has 0 aliphatic carbocycles. The smallest absolute Gasteiger partial charge is 0.487 e. The second-order valence-electron chi connectivity index (χ2n) is 5.12. The van der Waals surface area contributed by atoms with E-state index in [0.717, 1.165) is 17.5 Å². The molecule has 2 rings (SSSR count). The molecule has 0 fully saturated rings. The third-order valence-electron chi connectivity index (χ3n) is 3.56. The van der Waals surface area contributed by atoms with Crippen molar-refractivity contribution in [3.8, 4) is 11.5 Å². The molecule has 0 unspecified atom stereocenters. The minimum absolute atomic E-state index is 0.136. The van der Waals surface area contributed by atoms with Crippen LogP contribution in [0.5, 0.6) is 11.5 Å². The van der Waals surface area contributed by atoms with Gasteiger partial charge in [-0.1, -0.05) is 19.1 Å². The fourth-order valence-corrected chi connectivity index (χ4v) is 2.79. The van der Waals surface area contributed by atoms with Gasteiger partial charge >= 0.3 is 6.16 Å². The SMILES string of the molecule is CCc1cccc(OC(=O)OC)c1COc1cc(F)c(C)cc1Br. The Bertz CT molecular complexity index is 746. The maximum Gasteiger partial charge on any atom is 0.513 e. The van der Waals surface area contributed by atoms with Gasteiger partial charge < -0.3 is 14.2 Å². The summed E-state index contributed by atoms with van der Waals surface area (Å²) in [5, 5.41) is 0. The Balaban J connectivity index is 2.28. The van der Waals surface area contributed by atoms with Crippen molar-refractivity contribution in [2.75, 3.05) is 7.11 Å². The first-order valence-electron chi connectivity index (χ1n) is 7.41. The number of hydrogen-bond acceptors (Lipinski definition) is 4. The third kappa shape index (κ3) is 4.26. The summed E-state index contributed by atoms with van der Waals surface area (Å²) in [5.74, 6) is 0.404. The van der Waals surface area contributed by atoms with Crippen LogP contribution in [0.25, 0.3) is 0 Å². The van der Waals surface area contributed by atoms with E-state index in [9.17, 15) is 9.18 Å². The number of aryl methyl sites for hydroxylation is 2. The van der Waals surface area contributed by atoms with E-state index in [0.29, 0.717) is 21.5 Å². The molecule has 0 spiro atoms. The van der Waals surface area contributed by atoms with E-state index in [1.807, 2.05) is 13.0 Å². The fraction of sp³-hybridized carbons (Fsp3) is 0.278. The summed E-state index contributed by atoms with van der Waals surface area (Å²) in [5.41, 5.74) is 2.22. The summed E-state index contributed by atoms with van der Waals surface area (Å²) in [7, 11) is 1.24. The van der Waals surface area contributed by atoms with Crippen LogP contribution in [-0.4, -0.2) is 13.3 Å². The Labute approximate surface area is 148 Å². The van der Waals surface area contributed by atoms with E-state index >= 15 is 0 Å². The lowest BCUT2D eigenvalue weighted by molar-refractivity contribution is 0.120. The van der Waals surface area contributed by atoms with E-state index in [4.69, 9.17) is 9.47 Å². The van der Waals surface area contributed by atoms with Crippen molar-refractivity contribution < 1.29 is 23.4 Å². The molecule has 4 nitrogen and oxygen atoms in total. The average molecular weight is 397 g/mol. The van der Waals surface area contributed by atoms with Gasteiger partial charge in [0.05, 0.1) is 11.6 Å². The van der Waals surface area contributed by atoms with Crippen LogP contribution in [0.1, 0.15) is 23.6 Å². The molecular weight excluding hydrogens is 379 g/mol. The predicted molar refractivity (Wildman–Crippen MR) is 92.0 cm³/mol. The van der Waals surface area contributed by atoms with Crippen molar-refractivity contribution in [1.82, 2.24) is 0 Å². The summed E-state index contributed by atoms with van der Waals surface area (Å²) in [6.07, 6.45) is -0.0624. The number of methoxy groups -OCH3 is 1. The van der Waals surface area contributed by atoms with Crippen molar-refractivity contribution in [3.05, 3.63) is 57.3 Å². The van der Waals surface area contributed by atoms with Crippen LogP contribution < -0.4 is 9.47 Å². The number of rotatable bonds is 5. The molecule has 0 N–H and O–H groups in total. The largest absolute Gasteiger partial charge is 0.513 e. The molecule has 0 amide bonds. The quantitative estimate of drug-likeness (QED) is 0.515. The molecule has 6 heteroatoms. The summed E-state index contributed by atoms with van der Waals surface area (Å²) in [6.45, 7) is 3.80. The summed E-state index contributed by atoms with van der Waals surface area (Å²) >= 11 is 3.36. The van der Waals surface area contributed by atoms with E-state index in [2.05, 4.69) is 20.7 Å². The molecule has 0 bridgehead atoms. The van der Waals surface area contributed by atoms with Gasteiger partial charge in [-0.3, -0.25) is 0 Å². The normalized spacial score (nSPS) is 10.4. The number of halogens is 2. The second-order valence-corrected chi connectivity index (χ2v) is 5.98. The molecule has 2 aromatic rings. The fourth-order valence-electron chi connectivity index (χ4n) is 2.22. The van der Waals surface area contributed by atoms with E-state index in [-0.39, 0.29) is 12.4 Å². The molecule has 2 aromatic carbocycles. The van der Waals surface area contributed by atoms with Crippen LogP contribution in [0.15, 0.2) is 34.8 Å². The van der Waals surface area contributed by atoms with E-state index in [1.165, 1.54) is 13.2 Å². The van der Waals surface area contributed by atoms with Gasteiger partial charge in [-0.25, -0.2) is 9.18 Å². The first-order chi connectivity index (χ1) is 11.5. The maximum atomic E-state index is 13.7. The van der Waals surface area contributed by atoms with Gasteiger partial charge in [0.2, 0.25) is 0 Å². The highest BCUT2D eigenvalue weighted by Crippen LogP contribution is 2.31. The van der Waals surface area contributed by atoms with Crippen LogP contribution >= 0.6 is 15.9 Å². The molecule has 0 aliphatic heterocycles. The average Bonchev–Trinajstić information content (AvgIpc) is 2.57. The van der Waals surface area contributed by atoms with Gasteiger partial charge in [-0.2, -0.15) is 0 Å². The topological polar surface area (TPSA) is 44.8 Å². The standard InChI is InChI=1S/C18H18BrFO4/c1-4-12-6-5-7-16(24-18(21)22-3)13(12)10-23-17-9-15(20)11(2)8-14(17)19/h5-9H,4,10H2,1-3H3. The zero-order valence-electron chi connectivity index (χ0n) is 13.7. The van der Waals surface area contributed by atoms with Crippen molar-refractivity contribution in [2.24, 2.45) is 0 Å². The van der Waals surface area contributed by atoms with Gasteiger partial charge in [0.1, 0.15) is 23.9 Å². The monoisotopic (exact) mass is 396 g/mol.